The van der Waals surface area contributed by atoms with Crippen LogP contribution in [0.3, 0.4) is 0 Å². The molecule has 2 aliphatic rings. The summed E-state index contributed by atoms with van der Waals surface area (Å²) < 4.78 is 7.60. The molecule has 0 unspecified atom stereocenters. The normalized spacial score (nSPS) is 19.8. The Kier molecular flexibility index (Phi) is 5.62. The number of amides is 1. The number of nitrogens with zero attached hydrogens (tertiary/aromatic N) is 4. The Morgan fingerprint density at radius 1 is 1.16 bits per heavy atom. The molecule has 1 aromatic carbocycles. The quantitative estimate of drug-likeness (QED) is 0.469. The standard InChI is InChI=1S/C21H20Cl2N6O3/c22-14-2-1-3-15(23)18(14)27-19(31)13-9-24-21(28-20(13)32-12-4-5-12)26-11-8-25-29(10-11)16-6-7-17(16)30/h1-3,8-10,12,16-17,30H,4-7H2,(H,27,31)(H,24,26,28)/t16-,17-/m0/s1. The van der Waals surface area contributed by atoms with E-state index in [4.69, 9.17) is 27.9 Å². The Bertz CT molecular complexity index is 1150. The molecule has 1 amide bonds. The van der Waals surface area contributed by atoms with Gasteiger partial charge in [0.1, 0.15) is 11.7 Å². The number of benzene rings is 1. The molecule has 32 heavy (non-hydrogen) atoms. The highest BCUT2D eigenvalue weighted by Gasteiger charge is 2.31. The fraction of sp³-hybridized carbons (Fsp3) is 0.333. The number of aliphatic hydroxyl groups excluding tert-OH is 1. The second-order valence-corrected chi connectivity index (χ2v) is 8.64. The number of aliphatic hydroxyl groups is 1. The van der Waals surface area contributed by atoms with Crippen LogP contribution in [0, 0.1) is 0 Å². The van der Waals surface area contributed by atoms with E-state index in [2.05, 4.69) is 25.7 Å². The average molecular weight is 475 g/mol. The van der Waals surface area contributed by atoms with Gasteiger partial charge in [0, 0.05) is 12.4 Å². The van der Waals surface area contributed by atoms with E-state index >= 15 is 0 Å². The van der Waals surface area contributed by atoms with Crippen molar-refractivity contribution in [3.63, 3.8) is 0 Å². The molecule has 2 aromatic heterocycles. The topological polar surface area (TPSA) is 114 Å². The molecule has 3 N–H and O–H groups in total. The Morgan fingerprint density at radius 3 is 2.59 bits per heavy atom. The van der Waals surface area contributed by atoms with Gasteiger partial charge in [0.25, 0.3) is 5.91 Å². The van der Waals surface area contributed by atoms with Crippen LogP contribution in [0.15, 0.2) is 36.8 Å². The Morgan fingerprint density at radius 2 is 1.94 bits per heavy atom. The molecular weight excluding hydrogens is 455 g/mol. The molecule has 0 bridgehead atoms. The summed E-state index contributed by atoms with van der Waals surface area (Å²) in [5.74, 6) is -0.0387. The van der Waals surface area contributed by atoms with Gasteiger partial charge in [-0.25, -0.2) is 4.98 Å². The van der Waals surface area contributed by atoms with Crippen molar-refractivity contribution in [2.45, 2.75) is 43.9 Å². The maximum absolute atomic E-state index is 12.9. The average Bonchev–Trinajstić information content (AvgIpc) is 3.47. The molecule has 2 saturated carbocycles. The Hall–Kier alpha value is -2.88. The maximum atomic E-state index is 12.9. The number of ether oxygens (including phenoxy) is 1. The van der Waals surface area contributed by atoms with Crippen LogP contribution in [-0.4, -0.2) is 43.0 Å². The summed E-state index contributed by atoms with van der Waals surface area (Å²) in [6, 6.07) is 4.95. The molecule has 0 saturated heterocycles. The van der Waals surface area contributed by atoms with Crippen LogP contribution in [0.25, 0.3) is 0 Å². The van der Waals surface area contributed by atoms with Crippen molar-refractivity contribution in [1.82, 2.24) is 19.7 Å². The molecule has 9 nitrogen and oxygen atoms in total. The number of anilines is 3. The van der Waals surface area contributed by atoms with Crippen molar-refractivity contribution in [3.05, 3.63) is 52.4 Å². The van der Waals surface area contributed by atoms with E-state index in [0.29, 0.717) is 21.4 Å². The molecule has 2 atom stereocenters. The summed E-state index contributed by atoms with van der Waals surface area (Å²) in [5.41, 5.74) is 1.15. The fourth-order valence-electron chi connectivity index (χ4n) is 3.30. The number of nitrogens with one attached hydrogen (secondary N) is 2. The van der Waals surface area contributed by atoms with E-state index in [1.54, 1.807) is 35.3 Å². The van der Waals surface area contributed by atoms with Crippen molar-refractivity contribution in [3.8, 4) is 5.88 Å². The SMILES string of the molecule is O=C(Nc1c(Cl)cccc1Cl)c1cnc(Nc2cnn([C@H]3CC[C@@H]3O)c2)nc1OC1CC1. The summed E-state index contributed by atoms with van der Waals surface area (Å²) in [6.45, 7) is 0. The molecule has 0 spiro atoms. The lowest BCUT2D eigenvalue weighted by Crippen LogP contribution is -2.33. The molecular formula is C21H20Cl2N6O3. The number of hydrogen-bond acceptors (Lipinski definition) is 7. The van der Waals surface area contributed by atoms with Crippen molar-refractivity contribution in [2.75, 3.05) is 10.6 Å². The van der Waals surface area contributed by atoms with E-state index in [1.807, 2.05) is 0 Å². The van der Waals surface area contributed by atoms with Gasteiger partial charge in [0.2, 0.25) is 11.8 Å². The highest BCUT2D eigenvalue weighted by atomic mass is 35.5. The van der Waals surface area contributed by atoms with Gasteiger partial charge >= 0.3 is 0 Å². The molecule has 0 aliphatic heterocycles. The van der Waals surface area contributed by atoms with E-state index in [-0.39, 0.29) is 35.6 Å². The molecule has 0 radical (unpaired) electrons. The number of carbonyl (C=O) groups is 1. The zero-order valence-electron chi connectivity index (χ0n) is 16.8. The smallest absolute Gasteiger partial charge is 0.262 e. The summed E-state index contributed by atoms with van der Waals surface area (Å²) in [5, 5.41) is 20.5. The maximum Gasteiger partial charge on any atom is 0.262 e. The van der Waals surface area contributed by atoms with E-state index < -0.39 is 5.91 Å². The van der Waals surface area contributed by atoms with Gasteiger partial charge in [-0.15, -0.1) is 0 Å². The van der Waals surface area contributed by atoms with Crippen LogP contribution < -0.4 is 15.4 Å². The lowest BCUT2D eigenvalue weighted by molar-refractivity contribution is 0.0254. The van der Waals surface area contributed by atoms with Gasteiger partial charge in [-0.3, -0.25) is 9.48 Å². The second-order valence-electron chi connectivity index (χ2n) is 7.83. The van der Waals surface area contributed by atoms with Crippen molar-refractivity contribution < 1.29 is 14.6 Å². The number of aromatic nitrogens is 4. The molecule has 3 aromatic rings. The minimum Gasteiger partial charge on any atom is -0.474 e. The van der Waals surface area contributed by atoms with Gasteiger partial charge in [-0.2, -0.15) is 10.1 Å². The molecule has 166 valence electrons. The predicted octanol–water partition coefficient (Wildman–Crippen LogP) is 4.21. The summed E-state index contributed by atoms with van der Waals surface area (Å²) in [4.78, 5) is 21.6. The molecule has 5 rings (SSSR count). The third kappa shape index (κ3) is 4.36. The van der Waals surface area contributed by atoms with Gasteiger partial charge in [0.05, 0.1) is 39.8 Å². The number of hydrogen-bond donors (Lipinski definition) is 3. The van der Waals surface area contributed by atoms with E-state index in [0.717, 1.165) is 25.7 Å². The minimum atomic E-state index is -0.478. The summed E-state index contributed by atoms with van der Waals surface area (Å²) in [7, 11) is 0. The van der Waals surface area contributed by atoms with E-state index in [9.17, 15) is 9.90 Å². The number of carbonyl (C=O) groups excluding carboxylic acids is 1. The minimum absolute atomic E-state index is 0.0112. The first-order valence-corrected chi connectivity index (χ1v) is 11.0. The fourth-order valence-corrected chi connectivity index (χ4v) is 3.79. The highest BCUT2D eigenvalue weighted by molar-refractivity contribution is 6.40. The van der Waals surface area contributed by atoms with Crippen molar-refractivity contribution in [2.24, 2.45) is 0 Å². The first-order valence-electron chi connectivity index (χ1n) is 10.3. The van der Waals surface area contributed by atoms with Gasteiger partial charge in [0.15, 0.2) is 0 Å². The molecule has 2 aliphatic carbocycles. The molecule has 2 fully saturated rings. The Labute approximate surface area is 193 Å². The largest absolute Gasteiger partial charge is 0.474 e. The monoisotopic (exact) mass is 474 g/mol. The third-order valence-electron chi connectivity index (χ3n) is 5.40. The van der Waals surface area contributed by atoms with Crippen LogP contribution in [0.2, 0.25) is 10.0 Å². The van der Waals surface area contributed by atoms with Crippen LogP contribution in [-0.2, 0) is 0 Å². The predicted molar refractivity (Wildman–Crippen MR) is 120 cm³/mol. The highest BCUT2D eigenvalue weighted by Crippen LogP contribution is 2.34. The van der Waals surface area contributed by atoms with Crippen LogP contribution in [0.4, 0.5) is 17.3 Å². The van der Waals surface area contributed by atoms with Crippen molar-refractivity contribution in [1.29, 1.82) is 0 Å². The van der Waals surface area contributed by atoms with Gasteiger partial charge in [-0.05, 0) is 37.8 Å². The van der Waals surface area contributed by atoms with Crippen LogP contribution in [0.1, 0.15) is 42.1 Å². The summed E-state index contributed by atoms with van der Waals surface area (Å²) in [6.07, 6.45) is 7.94. The third-order valence-corrected chi connectivity index (χ3v) is 6.03. The molecule has 2 heterocycles. The summed E-state index contributed by atoms with van der Waals surface area (Å²) >= 11 is 12.3. The lowest BCUT2D eigenvalue weighted by atomic mass is 9.89. The van der Waals surface area contributed by atoms with Gasteiger partial charge in [-0.1, -0.05) is 29.3 Å². The zero-order chi connectivity index (χ0) is 22.2. The number of para-hydroxylation sites is 1. The Balaban J connectivity index is 1.36. The van der Waals surface area contributed by atoms with Gasteiger partial charge < -0.3 is 20.5 Å². The molecule has 11 heteroatoms. The zero-order valence-corrected chi connectivity index (χ0v) is 18.3. The van der Waals surface area contributed by atoms with Crippen LogP contribution in [0.5, 0.6) is 5.88 Å². The number of rotatable bonds is 7. The van der Waals surface area contributed by atoms with Crippen molar-refractivity contribution >= 4 is 46.4 Å². The first kappa shape index (κ1) is 21.0. The second kappa shape index (κ2) is 8.57. The van der Waals surface area contributed by atoms with E-state index in [1.165, 1.54) is 6.20 Å². The number of halogens is 2. The van der Waals surface area contributed by atoms with Crippen LogP contribution >= 0.6 is 23.2 Å². The lowest BCUT2D eigenvalue weighted by Gasteiger charge is -2.32. The first-order chi connectivity index (χ1) is 15.5.